The summed E-state index contributed by atoms with van der Waals surface area (Å²) in [6.07, 6.45) is 3.61. The van der Waals surface area contributed by atoms with Crippen LogP contribution in [0.2, 0.25) is 0 Å². The molecule has 2 rings (SSSR count). The van der Waals surface area contributed by atoms with Gasteiger partial charge in [-0.1, -0.05) is 6.92 Å². The highest BCUT2D eigenvalue weighted by Crippen LogP contribution is 2.14. The van der Waals surface area contributed by atoms with E-state index < -0.39 is 17.9 Å². The first kappa shape index (κ1) is 13.9. The fourth-order valence-corrected chi connectivity index (χ4v) is 1.77. The van der Waals surface area contributed by atoms with Gasteiger partial charge in [-0.15, -0.1) is 0 Å². The molecular weight excluding hydrogens is 262 g/mol. The Morgan fingerprint density at radius 2 is 2.25 bits per heavy atom. The number of furan rings is 1. The average Bonchev–Trinajstić information content (AvgIpc) is 3.03. The van der Waals surface area contributed by atoms with E-state index in [1.165, 1.54) is 16.9 Å². The Balaban J connectivity index is 2.16. The van der Waals surface area contributed by atoms with Gasteiger partial charge in [0.2, 0.25) is 0 Å². The van der Waals surface area contributed by atoms with E-state index in [0.717, 1.165) is 0 Å². The Labute approximate surface area is 115 Å². The van der Waals surface area contributed by atoms with Gasteiger partial charge in [-0.2, -0.15) is 5.10 Å². The first-order chi connectivity index (χ1) is 9.51. The molecule has 0 saturated heterocycles. The molecule has 1 unspecified atom stereocenters. The zero-order valence-electron chi connectivity index (χ0n) is 11.2. The van der Waals surface area contributed by atoms with Gasteiger partial charge in [0, 0.05) is 25.2 Å². The van der Waals surface area contributed by atoms with Gasteiger partial charge in [-0.25, -0.2) is 4.79 Å². The van der Waals surface area contributed by atoms with E-state index in [0.29, 0.717) is 17.7 Å². The number of aromatic nitrogens is 2. The molecule has 0 radical (unpaired) electrons. The SMILES string of the molecule is CCc1ccc(C(=O)NC(C(=O)O)c2cnn(C)c2)o1. The standard InChI is InChI=1S/C13H15N3O4/c1-3-9-4-5-10(20-9)12(17)15-11(13(18)19)8-6-14-16(2)7-8/h4-7,11H,3H2,1-2H3,(H,15,17)(H,18,19). The topological polar surface area (TPSA) is 97.4 Å². The second kappa shape index (κ2) is 5.60. The quantitative estimate of drug-likeness (QED) is 0.853. The number of aliphatic carboxylic acids is 1. The summed E-state index contributed by atoms with van der Waals surface area (Å²) >= 11 is 0. The molecule has 20 heavy (non-hydrogen) atoms. The van der Waals surface area contributed by atoms with Crippen LogP contribution in [0.1, 0.15) is 34.8 Å². The van der Waals surface area contributed by atoms with Crippen molar-refractivity contribution in [3.63, 3.8) is 0 Å². The molecule has 0 fully saturated rings. The van der Waals surface area contributed by atoms with Crippen LogP contribution in [0.15, 0.2) is 28.9 Å². The van der Waals surface area contributed by atoms with Crippen molar-refractivity contribution in [2.24, 2.45) is 7.05 Å². The zero-order valence-corrected chi connectivity index (χ0v) is 11.2. The van der Waals surface area contributed by atoms with Crippen molar-refractivity contribution in [3.05, 3.63) is 41.6 Å². The molecule has 2 aromatic heterocycles. The van der Waals surface area contributed by atoms with Crippen LogP contribution in [0.5, 0.6) is 0 Å². The number of carbonyl (C=O) groups is 2. The molecule has 1 amide bonds. The number of nitrogens with one attached hydrogen (secondary N) is 1. The van der Waals surface area contributed by atoms with Gasteiger partial charge in [0.15, 0.2) is 11.8 Å². The summed E-state index contributed by atoms with van der Waals surface area (Å²) < 4.78 is 6.76. The van der Waals surface area contributed by atoms with E-state index in [1.807, 2.05) is 6.92 Å². The lowest BCUT2D eigenvalue weighted by Crippen LogP contribution is -2.33. The molecule has 2 N–H and O–H groups in total. The molecular formula is C13H15N3O4. The molecule has 106 valence electrons. The molecule has 1 atom stereocenters. The van der Waals surface area contributed by atoms with Gasteiger partial charge >= 0.3 is 5.97 Å². The number of carbonyl (C=O) groups excluding carboxylic acids is 1. The molecule has 2 aromatic rings. The Kier molecular flexibility index (Phi) is 3.88. The molecule has 0 bridgehead atoms. The van der Waals surface area contributed by atoms with Crippen LogP contribution in [0.25, 0.3) is 0 Å². The normalized spacial score (nSPS) is 12.1. The van der Waals surface area contributed by atoms with Crippen LogP contribution >= 0.6 is 0 Å². The van der Waals surface area contributed by atoms with E-state index >= 15 is 0 Å². The number of hydrogen-bond donors (Lipinski definition) is 2. The number of hydrogen-bond acceptors (Lipinski definition) is 4. The predicted molar refractivity (Wildman–Crippen MR) is 69.1 cm³/mol. The Hall–Kier alpha value is -2.57. The summed E-state index contributed by atoms with van der Waals surface area (Å²) in [5.74, 6) is -0.963. The van der Waals surface area contributed by atoms with Crippen molar-refractivity contribution in [2.75, 3.05) is 0 Å². The maximum atomic E-state index is 12.0. The van der Waals surface area contributed by atoms with Crippen LogP contribution in [0, 0.1) is 0 Å². The molecule has 0 aliphatic carbocycles. The van der Waals surface area contributed by atoms with E-state index in [1.54, 1.807) is 19.3 Å². The molecule has 2 heterocycles. The van der Waals surface area contributed by atoms with Crippen LogP contribution in [0.4, 0.5) is 0 Å². The minimum atomic E-state index is -1.16. The molecule has 7 nitrogen and oxygen atoms in total. The van der Waals surface area contributed by atoms with Gasteiger partial charge in [-0.3, -0.25) is 9.48 Å². The molecule has 7 heteroatoms. The van der Waals surface area contributed by atoms with Crippen LogP contribution in [0.3, 0.4) is 0 Å². The summed E-state index contributed by atoms with van der Waals surface area (Å²) in [5, 5.41) is 15.5. The van der Waals surface area contributed by atoms with Crippen molar-refractivity contribution in [3.8, 4) is 0 Å². The number of aryl methyl sites for hydroxylation is 2. The Morgan fingerprint density at radius 3 is 2.75 bits per heavy atom. The summed E-state index contributed by atoms with van der Waals surface area (Å²) in [5.41, 5.74) is 0.399. The lowest BCUT2D eigenvalue weighted by atomic mass is 10.1. The lowest BCUT2D eigenvalue weighted by molar-refractivity contribution is -0.139. The van der Waals surface area contributed by atoms with Crippen molar-refractivity contribution in [2.45, 2.75) is 19.4 Å². The number of rotatable bonds is 5. The summed E-state index contributed by atoms with van der Waals surface area (Å²) in [6.45, 7) is 1.90. The van der Waals surface area contributed by atoms with Crippen molar-refractivity contribution in [1.29, 1.82) is 0 Å². The smallest absolute Gasteiger partial charge is 0.331 e. The summed E-state index contributed by atoms with van der Waals surface area (Å²) in [7, 11) is 1.67. The zero-order chi connectivity index (χ0) is 14.7. The lowest BCUT2D eigenvalue weighted by Gasteiger charge is -2.11. The third-order valence-electron chi connectivity index (χ3n) is 2.81. The Morgan fingerprint density at radius 1 is 1.50 bits per heavy atom. The van der Waals surface area contributed by atoms with Gasteiger partial charge in [-0.05, 0) is 12.1 Å². The highest BCUT2D eigenvalue weighted by Gasteiger charge is 2.25. The second-order valence-corrected chi connectivity index (χ2v) is 4.31. The largest absolute Gasteiger partial charge is 0.479 e. The highest BCUT2D eigenvalue weighted by atomic mass is 16.4. The number of amides is 1. The first-order valence-electron chi connectivity index (χ1n) is 6.12. The van der Waals surface area contributed by atoms with Gasteiger partial charge in [0.25, 0.3) is 5.91 Å². The first-order valence-corrected chi connectivity index (χ1v) is 6.12. The van der Waals surface area contributed by atoms with E-state index in [2.05, 4.69) is 10.4 Å². The van der Waals surface area contributed by atoms with Gasteiger partial charge < -0.3 is 14.8 Å². The van der Waals surface area contributed by atoms with Crippen molar-refractivity contribution < 1.29 is 19.1 Å². The maximum Gasteiger partial charge on any atom is 0.331 e. The molecule has 0 aliphatic heterocycles. The van der Waals surface area contributed by atoms with E-state index in [9.17, 15) is 14.7 Å². The highest BCUT2D eigenvalue weighted by molar-refractivity contribution is 5.94. The monoisotopic (exact) mass is 277 g/mol. The number of carboxylic acid groups (broad SMARTS) is 1. The second-order valence-electron chi connectivity index (χ2n) is 4.31. The van der Waals surface area contributed by atoms with Crippen molar-refractivity contribution in [1.82, 2.24) is 15.1 Å². The summed E-state index contributed by atoms with van der Waals surface area (Å²) in [4.78, 5) is 23.2. The summed E-state index contributed by atoms with van der Waals surface area (Å²) in [6, 6.07) is 2.05. The number of carboxylic acids is 1. The van der Waals surface area contributed by atoms with Gasteiger partial charge in [0.1, 0.15) is 5.76 Å². The fraction of sp³-hybridized carbons (Fsp3) is 0.308. The minimum absolute atomic E-state index is 0.0944. The predicted octanol–water partition coefficient (Wildman–Crippen LogP) is 1.13. The van der Waals surface area contributed by atoms with Crippen molar-refractivity contribution >= 4 is 11.9 Å². The Bertz CT molecular complexity index is 629. The van der Waals surface area contributed by atoms with Crippen LogP contribution in [-0.2, 0) is 18.3 Å². The van der Waals surface area contributed by atoms with Crippen LogP contribution < -0.4 is 5.32 Å². The fourth-order valence-electron chi connectivity index (χ4n) is 1.77. The van der Waals surface area contributed by atoms with Crippen LogP contribution in [-0.4, -0.2) is 26.8 Å². The third kappa shape index (κ3) is 2.87. The maximum absolute atomic E-state index is 12.0. The third-order valence-corrected chi connectivity index (χ3v) is 2.81. The molecule has 0 aromatic carbocycles. The van der Waals surface area contributed by atoms with E-state index in [-0.39, 0.29) is 5.76 Å². The minimum Gasteiger partial charge on any atom is -0.479 e. The molecule has 0 spiro atoms. The number of nitrogens with zero attached hydrogens (tertiary/aromatic N) is 2. The van der Waals surface area contributed by atoms with E-state index in [4.69, 9.17) is 4.42 Å². The van der Waals surface area contributed by atoms with Gasteiger partial charge in [0.05, 0.1) is 6.20 Å². The average molecular weight is 277 g/mol. The molecule has 0 saturated carbocycles. The molecule has 0 aliphatic rings.